The van der Waals surface area contributed by atoms with Crippen molar-refractivity contribution in [3.8, 4) is 0 Å². The van der Waals surface area contributed by atoms with Crippen molar-refractivity contribution in [3.63, 3.8) is 0 Å². The molecule has 5 nitrogen and oxygen atoms in total. The van der Waals surface area contributed by atoms with Gasteiger partial charge in [0.15, 0.2) is 5.65 Å². The summed E-state index contributed by atoms with van der Waals surface area (Å²) < 4.78 is 1.80. The molecule has 0 spiro atoms. The van der Waals surface area contributed by atoms with Crippen LogP contribution in [0.15, 0.2) is 60.9 Å². The lowest BCUT2D eigenvalue weighted by molar-refractivity contribution is 0.0953. The van der Waals surface area contributed by atoms with E-state index >= 15 is 0 Å². The van der Waals surface area contributed by atoms with Crippen LogP contribution in [-0.2, 0) is 6.42 Å². The van der Waals surface area contributed by atoms with E-state index in [4.69, 9.17) is 0 Å². The van der Waals surface area contributed by atoms with Crippen LogP contribution in [0.5, 0.6) is 0 Å². The average molecular weight is 344 g/mol. The van der Waals surface area contributed by atoms with E-state index in [2.05, 4.69) is 15.4 Å². The maximum atomic E-state index is 12.3. The summed E-state index contributed by atoms with van der Waals surface area (Å²) in [6, 6.07) is 15.8. The molecule has 1 N–H and O–H groups in total. The fourth-order valence-electron chi connectivity index (χ4n) is 3.09. The molecule has 2 aromatic heterocycles. The van der Waals surface area contributed by atoms with Gasteiger partial charge in [0.1, 0.15) is 0 Å². The molecular formula is C21H20N4O. The number of benzene rings is 2. The Kier molecular flexibility index (Phi) is 4.35. The number of hydrogen-bond acceptors (Lipinski definition) is 3. The number of hydrogen-bond donors (Lipinski definition) is 1. The van der Waals surface area contributed by atoms with Crippen molar-refractivity contribution in [1.29, 1.82) is 0 Å². The van der Waals surface area contributed by atoms with Gasteiger partial charge < -0.3 is 5.32 Å². The highest BCUT2D eigenvalue weighted by molar-refractivity contribution is 5.98. The Balaban J connectivity index is 1.33. The number of rotatable bonds is 5. The molecule has 0 unspecified atom stereocenters. The predicted molar refractivity (Wildman–Crippen MR) is 102 cm³/mol. The minimum Gasteiger partial charge on any atom is -0.352 e. The molecule has 0 aliphatic rings. The Bertz CT molecular complexity index is 1080. The number of carbonyl (C=O) groups is 1. The van der Waals surface area contributed by atoms with Crippen LogP contribution in [0.4, 0.5) is 0 Å². The standard InChI is InChI=1S/C21H20N4O/c1-15-11-20-23-13-16(14-25(20)24-15)5-4-10-22-21(26)19-9-8-17-6-2-3-7-18(17)12-19/h2-3,6-9,11-14H,4-5,10H2,1H3,(H,22,26). The summed E-state index contributed by atoms with van der Waals surface area (Å²) in [5, 5.41) is 9.59. The van der Waals surface area contributed by atoms with E-state index < -0.39 is 0 Å². The van der Waals surface area contributed by atoms with E-state index in [0.29, 0.717) is 12.1 Å². The molecule has 0 fully saturated rings. The van der Waals surface area contributed by atoms with E-state index in [1.807, 2.05) is 67.8 Å². The van der Waals surface area contributed by atoms with Crippen molar-refractivity contribution in [2.24, 2.45) is 0 Å². The summed E-state index contributed by atoms with van der Waals surface area (Å²) in [6.07, 6.45) is 5.58. The quantitative estimate of drug-likeness (QED) is 0.563. The first-order valence-electron chi connectivity index (χ1n) is 8.77. The Morgan fingerprint density at radius 3 is 2.85 bits per heavy atom. The molecule has 5 heteroatoms. The van der Waals surface area contributed by atoms with Crippen LogP contribution < -0.4 is 5.32 Å². The van der Waals surface area contributed by atoms with E-state index in [-0.39, 0.29) is 5.91 Å². The predicted octanol–water partition coefficient (Wildman–Crippen LogP) is 3.55. The summed E-state index contributed by atoms with van der Waals surface area (Å²) in [4.78, 5) is 16.7. The molecule has 26 heavy (non-hydrogen) atoms. The molecular weight excluding hydrogens is 324 g/mol. The van der Waals surface area contributed by atoms with Crippen molar-refractivity contribution in [2.75, 3.05) is 6.54 Å². The summed E-state index contributed by atoms with van der Waals surface area (Å²) in [5.74, 6) is -0.0352. The second-order valence-electron chi connectivity index (χ2n) is 6.47. The average Bonchev–Trinajstić information content (AvgIpc) is 3.04. The molecule has 0 aliphatic heterocycles. The SMILES string of the molecule is Cc1cc2ncc(CCCNC(=O)c3ccc4ccccc4c3)cn2n1. The number of nitrogens with one attached hydrogen (secondary N) is 1. The minimum absolute atomic E-state index is 0.0352. The fraction of sp³-hybridized carbons (Fsp3) is 0.190. The monoisotopic (exact) mass is 344 g/mol. The largest absolute Gasteiger partial charge is 0.352 e. The third-order valence-electron chi connectivity index (χ3n) is 4.43. The van der Waals surface area contributed by atoms with Gasteiger partial charge in [-0.3, -0.25) is 4.79 Å². The zero-order valence-corrected chi connectivity index (χ0v) is 14.6. The third-order valence-corrected chi connectivity index (χ3v) is 4.43. The normalized spacial score (nSPS) is 11.1. The Morgan fingerprint density at radius 1 is 1.12 bits per heavy atom. The lowest BCUT2D eigenvalue weighted by Gasteiger charge is -2.07. The molecule has 4 rings (SSSR count). The summed E-state index contributed by atoms with van der Waals surface area (Å²) in [5.41, 5.74) is 3.62. The van der Waals surface area contributed by atoms with Crippen molar-refractivity contribution < 1.29 is 4.79 Å². The van der Waals surface area contributed by atoms with Crippen LogP contribution in [0, 0.1) is 6.92 Å². The molecule has 0 atom stereocenters. The van der Waals surface area contributed by atoms with Crippen LogP contribution in [0.3, 0.4) is 0 Å². The number of aromatic nitrogens is 3. The van der Waals surface area contributed by atoms with Crippen LogP contribution in [0.1, 0.15) is 28.0 Å². The Labute approximate surface area is 151 Å². The minimum atomic E-state index is -0.0352. The number of carbonyl (C=O) groups excluding carboxylic acids is 1. The maximum absolute atomic E-state index is 12.3. The first-order chi connectivity index (χ1) is 12.7. The number of fused-ring (bicyclic) bond motifs is 2. The molecule has 0 saturated heterocycles. The van der Waals surface area contributed by atoms with Gasteiger partial charge in [-0.15, -0.1) is 0 Å². The summed E-state index contributed by atoms with van der Waals surface area (Å²) >= 11 is 0. The van der Waals surface area contributed by atoms with Gasteiger partial charge in [0.2, 0.25) is 0 Å². The molecule has 0 bridgehead atoms. The van der Waals surface area contributed by atoms with Crippen molar-refractivity contribution in [2.45, 2.75) is 19.8 Å². The second-order valence-corrected chi connectivity index (χ2v) is 6.47. The van der Waals surface area contributed by atoms with E-state index in [0.717, 1.165) is 40.5 Å². The first kappa shape index (κ1) is 16.3. The van der Waals surface area contributed by atoms with Gasteiger partial charge >= 0.3 is 0 Å². The molecule has 2 aromatic carbocycles. The highest BCUT2D eigenvalue weighted by Gasteiger charge is 2.06. The number of aryl methyl sites for hydroxylation is 2. The Hall–Kier alpha value is -3.21. The van der Waals surface area contributed by atoms with Crippen LogP contribution in [0.2, 0.25) is 0 Å². The van der Waals surface area contributed by atoms with Gasteiger partial charge in [-0.2, -0.15) is 5.10 Å². The lowest BCUT2D eigenvalue weighted by Crippen LogP contribution is -2.24. The Morgan fingerprint density at radius 2 is 1.96 bits per heavy atom. The van der Waals surface area contributed by atoms with Gasteiger partial charge in [0.25, 0.3) is 5.91 Å². The second kappa shape index (κ2) is 6.96. The zero-order valence-electron chi connectivity index (χ0n) is 14.6. The summed E-state index contributed by atoms with van der Waals surface area (Å²) in [7, 11) is 0. The maximum Gasteiger partial charge on any atom is 0.251 e. The van der Waals surface area contributed by atoms with Gasteiger partial charge in [-0.05, 0) is 48.2 Å². The van der Waals surface area contributed by atoms with Crippen molar-refractivity contribution >= 4 is 22.3 Å². The zero-order chi connectivity index (χ0) is 17.9. The highest BCUT2D eigenvalue weighted by Crippen LogP contribution is 2.15. The topological polar surface area (TPSA) is 59.3 Å². The van der Waals surface area contributed by atoms with Crippen LogP contribution >= 0.6 is 0 Å². The van der Waals surface area contributed by atoms with Crippen LogP contribution in [0.25, 0.3) is 16.4 Å². The first-order valence-corrected chi connectivity index (χ1v) is 8.77. The fourth-order valence-corrected chi connectivity index (χ4v) is 3.09. The molecule has 1 amide bonds. The number of amides is 1. The molecule has 0 saturated carbocycles. The molecule has 0 aliphatic carbocycles. The van der Waals surface area contributed by atoms with Gasteiger partial charge in [-0.25, -0.2) is 9.50 Å². The van der Waals surface area contributed by atoms with E-state index in [1.54, 1.807) is 4.52 Å². The van der Waals surface area contributed by atoms with Gasteiger partial charge in [-0.1, -0.05) is 30.3 Å². The van der Waals surface area contributed by atoms with Crippen molar-refractivity contribution in [1.82, 2.24) is 19.9 Å². The van der Waals surface area contributed by atoms with Gasteiger partial charge in [0.05, 0.1) is 5.69 Å². The molecule has 0 radical (unpaired) electrons. The smallest absolute Gasteiger partial charge is 0.251 e. The molecule has 130 valence electrons. The highest BCUT2D eigenvalue weighted by atomic mass is 16.1. The van der Waals surface area contributed by atoms with E-state index in [1.165, 1.54) is 0 Å². The lowest BCUT2D eigenvalue weighted by atomic mass is 10.1. The number of nitrogens with zero attached hydrogens (tertiary/aromatic N) is 3. The van der Waals surface area contributed by atoms with Crippen molar-refractivity contribution in [3.05, 3.63) is 77.7 Å². The molecule has 4 aromatic rings. The van der Waals surface area contributed by atoms with Gasteiger partial charge in [0, 0.05) is 30.6 Å². The summed E-state index contributed by atoms with van der Waals surface area (Å²) in [6.45, 7) is 2.58. The third kappa shape index (κ3) is 3.42. The van der Waals surface area contributed by atoms with E-state index in [9.17, 15) is 4.79 Å². The molecule has 2 heterocycles. The van der Waals surface area contributed by atoms with Crippen LogP contribution in [-0.4, -0.2) is 27.0 Å².